The maximum atomic E-state index is 13.5. The molecule has 0 bridgehead atoms. The number of hydrogen-bond donors (Lipinski definition) is 0. The topological polar surface area (TPSA) is 70.9 Å². The first-order valence-electron chi connectivity index (χ1n) is 19.7. The highest BCUT2D eigenvalue weighted by Gasteiger charge is 2.44. The van der Waals surface area contributed by atoms with Crippen LogP contribution in [0.3, 0.4) is 0 Å². The zero-order valence-electron chi connectivity index (χ0n) is 35.9. The van der Waals surface area contributed by atoms with Gasteiger partial charge in [0, 0.05) is 57.1 Å². The molecule has 5 heterocycles. The SMILES string of the molecule is C.C.C=C(CC(C)(C)C)N1CC(F)(F)C1.CC(C)(C)CC(=O)N1CCC(C)(F)C1.CC(C)(C)CC(=O)N1CCC(F)C1.CC(C)(C)Cc1cc2n(n1)CCCO2. The summed E-state index contributed by atoms with van der Waals surface area (Å²) < 4.78 is 58.7. The number of aryl methyl sites for hydroxylation is 1. The zero-order valence-corrected chi connectivity index (χ0v) is 35.9. The van der Waals surface area contributed by atoms with Crippen molar-refractivity contribution < 1.29 is 31.9 Å². The number of carbonyl (C=O) groups excluding carboxylic acids is 2. The highest BCUT2D eigenvalue weighted by molar-refractivity contribution is 5.77. The maximum absolute atomic E-state index is 13.5. The first-order valence-corrected chi connectivity index (χ1v) is 19.7. The Bertz CT molecular complexity index is 1350. The minimum absolute atomic E-state index is 0. The van der Waals surface area contributed by atoms with E-state index < -0.39 is 17.8 Å². The third-order valence-corrected chi connectivity index (χ3v) is 8.92. The molecule has 2 amide bonds. The lowest BCUT2D eigenvalue weighted by Gasteiger charge is -2.42. The van der Waals surface area contributed by atoms with Crippen molar-refractivity contribution in [2.24, 2.45) is 21.7 Å². The van der Waals surface area contributed by atoms with Crippen LogP contribution in [0.25, 0.3) is 0 Å². The summed E-state index contributed by atoms with van der Waals surface area (Å²) in [6.07, 6.45) is 4.06. The lowest BCUT2D eigenvalue weighted by Crippen LogP contribution is -2.55. The van der Waals surface area contributed by atoms with E-state index in [9.17, 15) is 27.2 Å². The Morgan fingerprint density at radius 2 is 1.30 bits per heavy atom. The van der Waals surface area contributed by atoms with E-state index in [0.717, 1.165) is 49.7 Å². The maximum Gasteiger partial charge on any atom is 0.282 e. The molecule has 0 saturated carbocycles. The van der Waals surface area contributed by atoms with Crippen LogP contribution in [0, 0.1) is 21.7 Å². The Morgan fingerprint density at radius 1 is 0.786 bits per heavy atom. The molecule has 2 unspecified atom stereocenters. The Hall–Kier alpha value is -2.79. The number of likely N-dealkylation sites (tertiary alicyclic amines) is 3. The quantitative estimate of drug-likeness (QED) is 0.277. The molecule has 0 radical (unpaired) electrons. The molecule has 0 spiro atoms. The number of ether oxygens (including phenoxy) is 1. The second-order valence-corrected chi connectivity index (χ2v) is 20.8. The van der Waals surface area contributed by atoms with Crippen LogP contribution in [0.4, 0.5) is 17.6 Å². The molecule has 328 valence electrons. The van der Waals surface area contributed by atoms with E-state index >= 15 is 0 Å². The lowest BCUT2D eigenvalue weighted by molar-refractivity contribution is -0.133. The van der Waals surface area contributed by atoms with E-state index in [1.165, 1.54) is 0 Å². The highest BCUT2D eigenvalue weighted by atomic mass is 19.3. The van der Waals surface area contributed by atoms with Gasteiger partial charge in [-0.2, -0.15) is 5.10 Å². The predicted molar refractivity (Wildman–Crippen MR) is 224 cm³/mol. The molecular weight excluding hydrogens is 723 g/mol. The van der Waals surface area contributed by atoms with Crippen LogP contribution in [-0.2, 0) is 22.6 Å². The number of aromatic nitrogens is 2. The van der Waals surface area contributed by atoms with Crippen LogP contribution in [0.2, 0.25) is 0 Å². The second kappa shape index (κ2) is 20.8. The Balaban J connectivity index is 0.000000712. The highest BCUT2D eigenvalue weighted by Crippen LogP contribution is 2.34. The van der Waals surface area contributed by atoms with Gasteiger partial charge in [0.2, 0.25) is 17.7 Å². The van der Waals surface area contributed by atoms with Crippen LogP contribution >= 0.6 is 0 Å². The molecule has 3 saturated heterocycles. The summed E-state index contributed by atoms with van der Waals surface area (Å²) in [6.45, 7) is 33.7. The van der Waals surface area contributed by atoms with Gasteiger partial charge in [0.25, 0.3) is 5.92 Å². The summed E-state index contributed by atoms with van der Waals surface area (Å²) in [6, 6.07) is 2.07. The van der Waals surface area contributed by atoms with Gasteiger partial charge in [0.15, 0.2) is 0 Å². The number of hydrogen-bond acceptors (Lipinski definition) is 5. The van der Waals surface area contributed by atoms with Crippen molar-refractivity contribution in [3.8, 4) is 5.88 Å². The first kappa shape index (κ1) is 53.2. The van der Waals surface area contributed by atoms with Crippen LogP contribution < -0.4 is 4.74 Å². The van der Waals surface area contributed by atoms with Crippen LogP contribution in [0.5, 0.6) is 5.88 Å². The van der Waals surface area contributed by atoms with Crippen molar-refractivity contribution in [1.29, 1.82) is 0 Å². The van der Waals surface area contributed by atoms with Gasteiger partial charge >= 0.3 is 0 Å². The van der Waals surface area contributed by atoms with Crippen LogP contribution in [0.15, 0.2) is 18.3 Å². The number of fused-ring (bicyclic) bond motifs is 1. The summed E-state index contributed by atoms with van der Waals surface area (Å²) >= 11 is 0. The van der Waals surface area contributed by atoms with Gasteiger partial charge in [-0.05, 0) is 47.8 Å². The molecule has 4 aliphatic heterocycles. The number of allylic oxidation sites excluding steroid dienone is 1. The number of alkyl halides is 4. The van der Waals surface area contributed by atoms with Gasteiger partial charge in [0.1, 0.15) is 11.8 Å². The summed E-state index contributed by atoms with van der Waals surface area (Å²) in [5.41, 5.74) is 1.23. The Kier molecular flexibility index (Phi) is 19.7. The van der Waals surface area contributed by atoms with E-state index in [1.54, 1.807) is 21.6 Å². The number of carbonyl (C=O) groups is 2. The molecule has 2 atom stereocenters. The third-order valence-electron chi connectivity index (χ3n) is 8.92. The minimum atomic E-state index is -2.49. The molecule has 1 aromatic heterocycles. The largest absolute Gasteiger partial charge is 0.478 e. The number of rotatable bonds is 5. The van der Waals surface area contributed by atoms with Crippen molar-refractivity contribution in [3.05, 3.63) is 24.0 Å². The van der Waals surface area contributed by atoms with Gasteiger partial charge < -0.3 is 19.4 Å². The van der Waals surface area contributed by atoms with Gasteiger partial charge in [-0.3, -0.25) is 9.59 Å². The molecule has 0 aliphatic carbocycles. The van der Waals surface area contributed by atoms with E-state index in [1.807, 2.05) is 46.2 Å². The number of halogens is 4. The molecule has 12 heteroatoms. The summed E-state index contributed by atoms with van der Waals surface area (Å²) in [5, 5.41) is 4.53. The van der Waals surface area contributed by atoms with Crippen LogP contribution in [-0.4, -0.2) is 99.9 Å². The van der Waals surface area contributed by atoms with E-state index in [-0.39, 0.29) is 62.5 Å². The van der Waals surface area contributed by atoms with Crippen molar-refractivity contribution in [3.63, 3.8) is 0 Å². The fourth-order valence-corrected chi connectivity index (χ4v) is 6.42. The standard InChI is InChI=1S/C11H20FNO.C11H18N2O.C10H17F2N.C10H18FNO.2CH4/c1-10(2,3)7-9(14)13-6-5-11(4,12)8-13;1-11(2,3)8-9-7-10-13(12-9)5-4-6-14-10;1-8(5-9(2,3)4)13-6-10(11,12)7-13;1-10(2,3)6-9(13)12-5-4-8(11)7-12;;/h5-8H2,1-4H3;7H,4-6,8H2,1-3H3;1,5-7H2,2-4H3;8H,4-7H2,1-3H3;2*1H4. The molecular formula is C44H81F4N5O3. The summed E-state index contributed by atoms with van der Waals surface area (Å²) in [5.74, 6) is -1.37. The van der Waals surface area contributed by atoms with Crippen molar-refractivity contribution >= 4 is 11.8 Å². The van der Waals surface area contributed by atoms with E-state index in [0.29, 0.717) is 50.7 Å². The Morgan fingerprint density at radius 3 is 1.70 bits per heavy atom. The van der Waals surface area contributed by atoms with Crippen LogP contribution in [0.1, 0.15) is 149 Å². The Labute approximate surface area is 339 Å². The molecule has 4 aliphatic rings. The van der Waals surface area contributed by atoms with Gasteiger partial charge in [-0.25, -0.2) is 22.2 Å². The fraction of sp³-hybridized carbons (Fsp3) is 0.841. The molecule has 56 heavy (non-hydrogen) atoms. The normalized spacial score (nSPS) is 21.5. The second-order valence-electron chi connectivity index (χ2n) is 20.8. The van der Waals surface area contributed by atoms with Gasteiger partial charge in [-0.1, -0.05) is 105 Å². The molecule has 3 fully saturated rings. The predicted octanol–water partition coefficient (Wildman–Crippen LogP) is 10.8. The molecule has 0 aromatic carbocycles. The molecule has 0 N–H and O–H groups in total. The summed E-state index contributed by atoms with van der Waals surface area (Å²) in [4.78, 5) is 28.2. The van der Waals surface area contributed by atoms with Crippen molar-refractivity contribution in [2.75, 3.05) is 45.9 Å². The smallest absolute Gasteiger partial charge is 0.282 e. The van der Waals surface area contributed by atoms with E-state index in [4.69, 9.17) is 4.74 Å². The van der Waals surface area contributed by atoms with Crippen molar-refractivity contribution in [1.82, 2.24) is 24.5 Å². The zero-order chi connectivity index (χ0) is 41.5. The van der Waals surface area contributed by atoms with Gasteiger partial charge in [-0.15, -0.1) is 0 Å². The number of nitrogens with zero attached hydrogens (tertiary/aromatic N) is 5. The average Bonchev–Trinajstić information content (AvgIpc) is 3.66. The first-order chi connectivity index (χ1) is 24.3. The fourth-order valence-electron chi connectivity index (χ4n) is 6.42. The average molecular weight is 804 g/mol. The molecule has 5 rings (SSSR count). The minimum Gasteiger partial charge on any atom is -0.478 e. The third kappa shape index (κ3) is 21.1. The lowest BCUT2D eigenvalue weighted by atomic mass is 9.89. The molecule has 1 aromatic rings. The molecule has 8 nitrogen and oxygen atoms in total. The summed E-state index contributed by atoms with van der Waals surface area (Å²) in [7, 11) is 0. The van der Waals surface area contributed by atoms with Crippen molar-refractivity contribution in [2.45, 2.75) is 174 Å². The van der Waals surface area contributed by atoms with E-state index in [2.05, 4.69) is 59.3 Å². The number of amides is 2. The monoisotopic (exact) mass is 804 g/mol. The van der Waals surface area contributed by atoms with Gasteiger partial charge in [0.05, 0.1) is 38.5 Å².